The van der Waals surface area contributed by atoms with Crippen molar-refractivity contribution in [2.75, 3.05) is 19.8 Å². The number of hydrogen-bond donors (Lipinski definition) is 1. The minimum atomic E-state index is 0.546. The topological polar surface area (TPSA) is 34.2 Å². The van der Waals surface area contributed by atoms with Crippen molar-refractivity contribution < 1.29 is 4.74 Å². The average Bonchev–Trinajstić information content (AvgIpc) is 2.82. The fraction of sp³-hybridized carbons (Fsp3) is 0.769. The molecule has 1 fully saturated rings. The Bertz CT molecular complexity index is 315. The first-order valence-electron chi connectivity index (χ1n) is 6.50. The fourth-order valence-corrected chi connectivity index (χ4v) is 3.35. The average molecular weight is 254 g/mol. The Morgan fingerprint density at radius 2 is 2.53 bits per heavy atom. The third kappa shape index (κ3) is 3.50. The Kier molecular flexibility index (Phi) is 4.95. The second-order valence-corrected chi connectivity index (χ2v) is 5.78. The van der Waals surface area contributed by atoms with Crippen LogP contribution in [0.3, 0.4) is 0 Å². The number of nitrogens with zero attached hydrogens (tertiary/aromatic N) is 1. The van der Waals surface area contributed by atoms with E-state index in [4.69, 9.17) is 4.74 Å². The quantitative estimate of drug-likeness (QED) is 0.876. The van der Waals surface area contributed by atoms with Gasteiger partial charge in [0, 0.05) is 37.3 Å². The van der Waals surface area contributed by atoms with E-state index < -0.39 is 0 Å². The molecule has 0 radical (unpaired) electrons. The Balaban J connectivity index is 1.99. The molecular formula is C13H22N2OS. The molecule has 0 aliphatic carbocycles. The maximum Gasteiger partial charge on any atom is 0.0940 e. The summed E-state index contributed by atoms with van der Waals surface area (Å²) in [6.07, 6.45) is 4.13. The van der Waals surface area contributed by atoms with Crippen molar-refractivity contribution in [2.24, 2.45) is 11.8 Å². The van der Waals surface area contributed by atoms with Crippen LogP contribution in [0, 0.1) is 11.8 Å². The molecule has 1 aliphatic heterocycles. The summed E-state index contributed by atoms with van der Waals surface area (Å²) in [5, 5.41) is 6.94. The summed E-state index contributed by atoms with van der Waals surface area (Å²) in [4.78, 5) is 4.41. The molecule has 0 bridgehead atoms. The molecule has 1 aromatic rings. The van der Waals surface area contributed by atoms with Gasteiger partial charge >= 0.3 is 0 Å². The number of nitrogens with one attached hydrogen (secondary N) is 1. The van der Waals surface area contributed by atoms with Crippen LogP contribution in [-0.4, -0.2) is 30.8 Å². The number of likely N-dealkylation sites (N-methyl/N-ethyl adjacent to an activating group) is 1. The summed E-state index contributed by atoms with van der Waals surface area (Å²) in [6.45, 7) is 7.33. The Morgan fingerprint density at radius 3 is 3.18 bits per heavy atom. The molecule has 0 aromatic carbocycles. The lowest BCUT2D eigenvalue weighted by atomic mass is 9.82. The zero-order chi connectivity index (χ0) is 12.1. The van der Waals surface area contributed by atoms with Gasteiger partial charge in [0.05, 0.1) is 5.01 Å². The minimum Gasteiger partial charge on any atom is -0.381 e. The highest BCUT2D eigenvalue weighted by molar-refractivity contribution is 7.09. The van der Waals surface area contributed by atoms with E-state index in [1.165, 1.54) is 11.4 Å². The molecule has 17 heavy (non-hydrogen) atoms. The van der Waals surface area contributed by atoms with Crippen LogP contribution in [0.2, 0.25) is 0 Å². The van der Waals surface area contributed by atoms with Gasteiger partial charge in [-0.05, 0) is 24.8 Å². The lowest BCUT2D eigenvalue weighted by Gasteiger charge is -2.35. The van der Waals surface area contributed by atoms with Crippen molar-refractivity contribution in [3.05, 3.63) is 16.6 Å². The van der Waals surface area contributed by atoms with Crippen molar-refractivity contribution in [3.63, 3.8) is 0 Å². The molecule has 1 aromatic heterocycles. The summed E-state index contributed by atoms with van der Waals surface area (Å²) < 4.78 is 5.53. The van der Waals surface area contributed by atoms with Gasteiger partial charge in [-0.1, -0.05) is 13.8 Å². The van der Waals surface area contributed by atoms with Crippen LogP contribution in [0.15, 0.2) is 11.6 Å². The Hall–Kier alpha value is -0.450. The maximum atomic E-state index is 5.53. The number of ether oxygens (including phenoxy) is 1. The third-order valence-electron chi connectivity index (χ3n) is 3.57. The standard InChI is InChI=1S/C13H22N2OS/c1-3-14-12(8-13-15-5-7-17-13)11-4-6-16-9-10(11)2/h5,7,10-12,14H,3-4,6,8-9H2,1-2H3. The molecular weight excluding hydrogens is 232 g/mol. The normalized spacial score (nSPS) is 26.9. The molecule has 0 amide bonds. The molecule has 0 saturated carbocycles. The van der Waals surface area contributed by atoms with E-state index in [0.29, 0.717) is 17.9 Å². The SMILES string of the molecule is CCNC(Cc1nccs1)C1CCOCC1C. The first-order chi connectivity index (χ1) is 8.31. The molecule has 2 rings (SSSR count). The molecule has 96 valence electrons. The molecule has 2 heterocycles. The van der Waals surface area contributed by atoms with Crippen LogP contribution in [-0.2, 0) is 11.2 Å². The predicted molar refractivity (Wildman–Crippen MR) is 71.4 cm³/mol. The smallest absolute Gasteiger partial charge is 0.0940 e. The van der Waals surface area contributed by atoms with Gasteiger partial charge in [-0.2, -0.15) is 0 Å². The molecule has 1 N–H and O–H groups in total. The van der Waals surface area contributed by atoms with Gasteiger partial charge in [0.1, 0.15) is 0 Å². The van der Waals surface area contributed by atoms with Crippen LogP contribution >= 0.6 is 11.3 Å². The Morgan fingerprint density at radius 1 is 1.65 bits per heavy atom. The van der Waals surface area contributed by atoms with Gasteiger partial charge in [0.2, 0.25) is 0 Å². The number of rotatable bonds is 5. The lowest BCUT2D eigenvalue weighted by molar-refractivity contribution is 0.0111. The minimum absolute atomic E-state index is 0.546. The van der Waals surface area contributed by atoms with E-state index in [9.17, 15) is 0 Å². The van der Waals surface area contributed by atoms with Gasteiger partial charge in [0.25, 0.3) is 0 Å². The number of thiazole rings is 1. The second-order valence-electron chi connectivity index (χ2n) is 4.80. The summed E-state index contributed by atoms with van der Waals surface area (Å²) >= 11 is 1.76. The summed E-state index contributed by atoms with van der Waals surface area (Å²) in [6, 6.07) is 0.546. The predicted octanol–water partition coefficient (Wildman–Crippen LogP) is 2.34. The lowest BCUT2D eigenvalue weighted by Crippen LogP contribution is -2.44. The zero-order valence-electron chi connectivity index (χ0n) is 10.7. The van der Waals surface area contributed by atoms with Crippen molar-refractivity contribution >= 4 is 11.3 Å². The van der Waals surface area contributed by atoms with Crippen molar-refractivity contribution in [3.8, 4) is 0 Å². The van der Waals surface area contributed by atoms with Gasteiger partial charge in [-0.15, -0.1) is 11.3 Å². The molecule has 1 aliphatic rings. The largest absolute Gasteiger partial charge is 0.381 e. The highest BCUT2D eigenvalue weighted by Gasteiger charge is 2.29. The van der Waals surface area contributed by atoms with Crippen molar-refractivity contribution in [2.45, 2.75) is 32.7 Å². The summed E-state index contributed by atoms with van der Waals surface area (Å²) in [5.74, 6) is 1.36. The second kappa shape index (κ2) is 6.47. The first kappa shape index (κ1) is 13.0. The van der Waals surface area contributed by atoms with Crippen LogP contribution in [0.1, 0.15) is 25.3 Å². The molecule has 0 spiro atoms. The maximum absolute atomic E-state index is 5.53. The summed E-state index contributed by atoms with van der Waals surface area (Å²) in [5.41, 5.74) is 0. The van der Waals surface area contributed by atoms with E-state index in [0.717, 1.165) is 26.2 Å². The number of hydrogen-bond acceptors (Lipinski definition) is 4. The first-order valence-corrected chi connectivity index (χ1v) is 7.38. The van der Waals surface area contributed by atoms with Gasteiger partial charge in [-0.3, -0.25) is 0 Å². The van der Waals surface area contributed by atoms with E-state index >= 15 is 0 Å². The zero-order valence-corrected chi connectivity index (χ0v) is 11.5. The van der Waals surface area contributed by atoms with Gasteiger partial charge in [-0.25, -0.2) is 4.98 Å². The van der Waals surface area contributed by atoms with Gasteiger partial charge < -0.3 is 10.1 Å². The fourth-order valence-electron chi connectivity index (χ4n) is 2.67. The van der Waals surface area contributed by atoms with Crippen molar-refractivity contribution in [1.29, 1.82) is 0 Å². The van der Waals surface area contributed by atoms with E-state index in [1.807, 2.05) is 6.20 Å². The van der Waals surface area contributed by atoms with Crippen LogP contribution in [0.25, 0.3) is 0 Å². The molecule has 4 heteroatoms. The van der Waals surface area contributed by atoms with Crippen molar-refractivity contribution in [1.82, 2.24) is 10.3 Å². The van der Waals surface area contributed by atoms with Gasteiger partial charge in [0.15, 0.2) is 0 Å². The monoisotopic (exact) mass is 254 g/mol. The highest BCUT2D eigenvalue weighted by Crippen LogP contribution is 2.27. The van der Waals surface area contributed by atoms with Crippen LogP contribution in [0.4, 0.5) is 0 Å². The van der Waals surface area contributed by atoms with Crippen LogP contribution < -0.4 is 5.32 Å². The number of aromatic nitrogens is 1. The van der Waals surface area contributed by atoms with E-state index in [2.05, 4.69) is 29.5 Å². The summed E-state index contributed by atoms with van der Waals surface area (Å²) in [7, 11) is 0. The van der Waals surface area contributed by atoms with E-state index in [-0.39, 0.29) is 0 Å². The highest BCUT2D eigenvalue weighted by atomic mass is 32.1. The molecule has 3 unspecified atom stereocenters. The molecule has 3 nitrogen and oxygen atoms in total. The van der Waals surface area contributed by atoms with E-state index in [1.54, 1.807) is 11.3 Å². The molecule has 3 atom stereocenters. The van der Waals surface area contributed by atoms with Crippen LogP contribution in [0.5, 0.6) is 0 Å². The molecule has 1 saturated heterocycles. The Labute approximate surface area is 108 Å². The third-order valence-corrected chi connectivity index (χ3v) is 4.37.